The summed E-state index contributed by atoms with van der Waals surface area (Å²) in [6.07, 6.45) is 7.23. The van der Waals surface area contributed by atoms with E-state index < -0.39 is 0 Å². The van der Waals surface area contributed by atoms with Crippen LogP contribution in [0.3, 0.4) is 0 Å². The number of fused-ring (bicyclic) bond motifs is 2. The van der Waals surface area contributed by atoms with Crippen molar-refractivity contribution < 1.29 is 0 Å². The fourth-order valence-corrected chi connectivity index (χ4v) is 4.36. The van der Waals surface area contributed by atoms with E-state index in [1.165, 1.54) is 23.4 Å². The summed E-state index contributed by atoms with van der Waals surface area (Å²) in [7, 11) is 2.18. The van der Waals surface area contributed by atoms with Gasteiger partial charge in [0.25, 0.3) is 0 Å². The summed E-state index contributed by atoms with van der Waals surface area (Å²) in [6, 6.07) is 6.62. The number of hydrogen-bond acceptors (Lipinski definition) is 6. The van der Waals surface area contributed by atoms with E-state index in [9.17, 15) is 0 Å². The number of hydrogen-bond donors (Lipinski definition) is 2. The van der Waals surface area contributed by atoms with Gasteiger partial charge in [-0.2, -0.15) is 0 Å². The third-order valence-corrected chi connectivity index (χ3v) is 5.97. The molecule has 1 aliphatic carbocycles. The van der Waals surface area contributed by atoms with Crippen LogP contribution in [0.5, 0.6) is 0 Å². The van der Waals surface area contributed by atoms with Gasteiger partial charge in [-0.15, -0.1) is 0 Å². The molecular formula is C21H27N7. The summed E-state index contributed by atoms with van der Waals surface area (Å²) in [5.41, 5.74) is 5.60. The largest absolute Gasteiger partial charge is 0.367 e. The lowest BCUT2D eigenvalue weighted by atomic mass is 9.92. The summed E-state index contributed by atoms with van der Waals surface area (Å²) in [4.78, 5) is 22.2. The van der Waals surface area contributed by atoms with E-state index >= 15 is 0 Å². The maximum absolute atomic E-state index is 4.89. The van der Waals surface area contributed by atoms with Crippen molar-refractivity contribution in [2.45, 2.75) is 31.8 Å². The number of piperazine rings is 1. The van der Waals surface area contributed by atoms with Crippen LogP contribution in [0.1, 0.15) is 36.0 Å². The zero-order chi connectivity index (χ0) is 18.9. The number of anilines is 1. The number of nitrogens with zero attached hydrogens (tertiary/aromatic N) is 5. The molecule has 1 atom stereocenters. The number of H-pyrrole nitrogens is 1. The first-order chi connectivity index (χ1) is 13.8. The van der Waals surface area contributed by atoms with Crippen LogP contribution in [0.25, 0.3) is 11.2 Å². The molecule has 2 aliphatic rings. The number of aryl methyl sites for hydroxylation is 1. The molecule has 146 valence electrons. The van der Waals surface area contributed by atoms with E-state index in [1.54, 1.807) is 0 Å². The van der Waals surface area contributed by atoms with Crippen molar-refractivity contribution in [1.29, 1.82) is 0 Å². The fraction of sp³-hybridized carbons (Fsp3) is 0.476. The first kappa shape index (κ1) is 17.6. The van der Waals surface area contributed by atoms with Gasteiger partial charge >= 0.3 is 0 Å². The molecule has 3 aromatic rings. The Balaban J connectivity index is 1.34. The molecule has 0 saturated carbocycles. The van der Waals surface area contributed by atoms with Gasteiger partial charge in [0.1, 0.15) is 11.3 Å². The monoisotopic (exact) mass is 377 g/mol. The Morgan fingerprint density at radius 1 is 1.14 bits per heavy atom. The minimum atomic E-state index is 0.295. The third kappa shape index (κ3) is 3.36. The number of pyridine rings is 2. The fourth-order valence-electron chi connectivity index (χ4n) is 4.36. The molecule has 0 spiro atoms. The van der Waals surface area contributed by atoms with Crippen LogP contribution in [-0.4, -0.2) is 58.1 Å². The van der Waals surface area contributed by atoms with E-state index in [2.05, 4.69) is 49.2 Å². The van der Waals surface area contributed by atoms with E-state index in [4.69, 9.17) is 4.98 Å². The van der Waals surface area contributed by atoms with Crippen molar-refractivity contribution in [2.75, 3.05) is 38.1 Å². The molecule has 28 heavy (non-hydrogen) atoms. The zero-order valence-corrected chi connectivity index (χ0v) is 16.4. The summed E-state index contributed by atoms with van der Waals surface area (Å²) in [5, 5.41) is 3.66. The second-order valence-corrected chi connectivity index (χ2v) is 7.87. The normalized spacial score (nSPS) is 20.5. The van der Waals surface area contributed by atoms with Gasteiger partial charge in [-0.1, -0.05) is 6.07 Å². The molecule has 1 unspecified atom stereocenters. The molecule has 1 fully saturated rings. The number of likely N-dealkylation sites (N-methyl/N-ethyl adjacent to an activating group) is 1. The molecule has 0 amide bonds. The van der Waals surface area contributed by atoms with E-state index in [0.29, 0.717) is 12.6 Å². The molecule has 2 N–H and O–H groups in total. The summed E-state index contributed by atoms with van der Waals surface area (Å²) < 4.78 is 0. The molecule has 3 aromatic heterocycles. The maximum Gasteiger partial charge on any atom is 0.159 e. The predicted molar refractivity (Wildman–Crippen MR) is 110 cm³/mol. The maximum atomic E-state index is 4.89. The van der Waals surface area contributed by atoms with Crippen LogP contribution in [0.4, 0.5) is 5.69 Å². The SMILES string of the molecule is CN1CCN(c2ccnc3[nH]c(CNC4CCCc5cccnc54)nc23)CC1. The average Bonchev–Trinajstić information content (AvgIpc) is 3.16. The van der Waals surface area contributed by atoms with E-state index in [1.807, 2.05) is 18.5 Å². The van der Waals surface area contributed by atoms with E-state index in [0.717, 1.165) is 56.0 Å². The molecule has 1 saturated heterocycles. The van der Waals surface area contributed by atoms with Gasteiger partial charge in [-0.25, -0.2) is 9.97 Å². The minimum absolute atomic E-state index is 0.295. The second kappa shape index (κ2) is 7.48. The van der Waals surface area contributed by atoms with Gasteiger partial charge < -0.3 is 20.1 Å². The van der Waals surface area contributed by atoms with Crippen LogP contribution in [-0.2, 0) is 13.0 Å². The van der Waals surface area contributed by atoms with Crippen LogP contribution in [0.15, 0.2) is 30.6 Å². The Bertz CT molecular complexity index is 958. The highest BCUT2D eigenvalue weighted by atomic mass is 15.3. The minimum Gasteiger partial charge on any atom is -0.367 e. The lowest BCUT2D eigenvalue weighted by molar-refractivity contribution is 0.313. The first-order valence-electron chi connectivity index (χ1n) is 10.2. The molecule has 7 nitrogen and oxygen atoms in total. The summed E-state index contributed by atoms with van der Waals surface area (Å²) in [6.45, 7) is 4.91. The second-order valence-electron chi connectivity index (χ2n) is 7.87. The van der Waals surface area contributed by atoms with Crippen molar-refractivity contribution in [1.82, 2.24) is 30.2 Å². The van der Waals surface area contributed by atoms with Gasteiger partial charge in [0.15, 0.2) is 5.65 Å². The Labute approximate surface area is 165 Å². The van der Waals surface area contributed by atoms with Crippen molar-refractivity contribution >= 4 is 16.9 Å². The van der Waals surface area contributed by atoms with Crippen LogP contribution in [0.2, 0.25) is 0 Å². The van der Waals surface area contributed by atoms with Gasteiger partial charge in [-0.3, -0.25) is 4.98 Å². The molecule has 5 rings (SSSR count). The molecular weight excluding hydrogens is 350 g/mol. The molecule has 0 bridgehead atoms. The Hall–Kier alpha value is -2.51. The van der Waals surface area contributed by atoms with Gasteiger partial charge in [0, 0.05) is 38.6 Å². The highest BCUT2D eigenvalue weighted by molar-refractivity contribution is 5.86. The third-order valence-electron chi connectivity index (χ3n) is 5.97. The first-order valence-corrected chi connectivity index (χ1v) is 10.2. The smallest absolute Gasteiger partial charge is 0.159 e. The van der Waals surface area contributed by atoms with Crippen LogP contribution >= 0.6 is 0 Å². The molecule has 1 aliphatic heterocycles. The highest BCUT2D eigenvalue weighted by Gasteiger charge is 2.22. The van der Waals surface area contributed by atoms with Crippen molar-refractivity contribution in [2.24, 2.45) is 0 Å². The standard InChI is InChI=1S/C21H27N7/c1-27-10-12-28(13-11-27)17-7-9-23-21-20(17)25-18(26-21)14-24-16-6-2-4-15-5-3-8-22-19(15)16/h3,5,7-9,16,24H,2,4,6,10-14H2,1H3,(H,23,25,26). The van der Waals surface area contributed by atoms with Crippen LogP contribution in [0, 0.1) is 0 Å². The highest BCUT2D eigenvalue weighted by Crippen LogP contribution is 2.28. The summed E-state index contributed by atoms with van der Waals surface area (Å²) in [5.74, 6) is 0.937. The van der Waals surface area contributed by atoms with Gasteiger partial charge in [-0.05, 0) is 44.0 Å². The quantitative estimate of drug-likeness (QED) is 0.727. The Kier molecular flexibility index (Phi) is 4.70. The van der Waals surface area contributed by atoms with E-state index in [-0.39, 0.29) is 0 Å². The number of aromatic nitrogens is 4. The predicted octanol–water partition coefficient (Wildman–Crippen LogP) is 2.27. The molecule has 7 heteroatoms. The molecule has 4 heterocycles. The molecule has 0 radical (unpaired) electrons. The Morgan fingerprint density at radius 2 is 2.04 bits per heavy atom. The van der Waals surface area contributed by atoms with Gasteiger partial charge in [0.05, 0.1) is 24.0 Å². The lowest BCUT2D eigenvalue weighted by Gasteiger charge is -2.33. The van der Waals surface area contributed by atoms with Crippen molar-refractivity contribution in [3.8, 4) is 0 Å². The average molecular weight is 377 g/mol. The van der Waals surface area contributed by atoms with Crippen molar-refractivity contribution in [3.63, 3.8) is 0 Å². The van der Waals surface area contributed by atoms with Crippen molar-refractivity contribution in [3.05, 3.63) is 47.7 Å². The number of imidazole rings is 1. The number of rotatable bonds is 4. The Morgan fingerprint density at radius 3 is 2.93 bits per heavy atom. The zero-order valence-electron chi connectivity index (χ0n) is 16.4. The topological polar surface area (TPSA) is 73.0 Å². The van der Waals surface area contributed by atoms with Crippen LogP contribution < -0.4 is 10.2 Å². The lowest BCUT2D eigenvalue weighted by Crippen LogP contribution is -2.44. The number of nitrogens with one attached hydrogen (secondary N) is 2. The summed E-state index contributed by atoms with van der Waals surface area (Å²) >= 11 is 0. The molecule has 0 aromatic carbocycles. The number of aromatic amines is 1. The van der Waals surface area contributed by atoms with Gasteiger partial charge in [0.2, 0.25) is 0 Å².